The lowest BCUT2D eigenvalue weighted by atomic mass is 10.4. The van der Waals surface area contributed by atoms with Gasteiger partial charge < -0.3 is 9.13 Å². The Morgan fingerprint density at radius 3 is 1.57 bits per heavy atom. The standard InChI is InChI=1S/C20H14Cl2N6/c21-19-17(7-1-9-23-19)27-11-3-5-15(27)13-25-26-14-16-6-4-12-28(16)18-8-2-10-24-20(18)22/h1-14H/b25-13-,26-14-. The molecule has 0 saturated heterocycles. The number of pyridine rings is 2. The molecule has 0 radical (unpaired) electrons. The van der Waals surface area contributed by atoms with Crippen LogP contribution >= 0.6 is 23.2 Å². The van der Waals surface area contributed by atoms with Crippen molar-refractivity contribution in [1.29, 1.82) is 0 Å². The maximum absolute atomic E-state index is 6.18. The van der Waals surface area contributed by atoms with Crippen molar-refractivity contribution in [2.45, 2.75) is 0 Å². The second-order valence-electron chi connectivity index (χ2n) is 5.72. The first-order valence-electron chi connectivity index (χ1n) is 8.37. The van der Waals surface area contributed by atoms with E-state index in [4.69, 9.17) is 23.2 Å². The number of nitrogens with zero attached hydrogens (tertiary/aromatic N) is 6. The van der Waals surface area contributed by atoms with E-state index in [0.717, 1.165) is 22.8 Å². The quantitative estimate of drug-likeness (QED) is 0.270. The Hall–Kier alpha value is -3.22. The zero-order valence-electron chi connectivity index (χ0n) is 14.5. The van der Waals surface area contributed by atoms with Crippen molar-refractivity contribution in [3.63, 3.8) is 0 Å². The molecule has 0 unspecified atom stereocenters. The van der Waals surface area contributed by atoms with Crippen molar-refractivity contribution in [2.75, 3.05) is 0 Å². The molecule has 0 atom stereocenters. The van der Waals surface area contributed by atoms with Crippen LogP contribution in [-0.4, -0.2) is 31.5 Å². The molecule has 4 rings (SSSR count). The average molecular weight is 409 g/mol. The molecule has 8 heteroatoms. The summed E-state index contributed by atoms with van der Waals surface area (Å²) in [6.45, 7) is 0. The van der Waals surface area contributed by atoms with E-state index in [1.165, 1.54) is 0 Å². The lowest BCUT2D eigenvalue weighted by Crippen LogP contribution is -2.00. The summed E-state index contributed by atoms with van der Waals surface area (Å²) in [6.07, 6.45) is 10.4. The third-order valence-corrected chi connectivity index (χ3v) is 4.59. The second-order valence-corrected chi connectivity index (χ2v) is 6.44. The Balaban J connectivity index is 1.56. The summed E-state index contributed by atoms with van der Waals surface area (Å²) in [5.41, 5.74) is 3.22. The van der Waals surface area contributed by atoms with E-state index >= 15 is 0 Å². The first kappa shape index (κ1) is 18.2. The Kier molecular flexibility index (Phi) is 5.32. The highest BCUT2D eigenvalue weighted by Gasteiger charge is 2.07. The normalized spacial score (nSPS) is 11.6. The lowest BCUT2D eigenvalue weighted by Gasteiger charge is -2.07. The summed E-state index contributed by atoms with van der Waals surface area (Å²) in [5.74, 6) is 0. The van der Waals surface area contributed by atoms with Crippen LogP contribution in [0.3, 0.4) is 0 Å². The van der Waals surface area contributed by atoms with Gasteiger partial charge in [0.25, 0.3) is 0 Å². The molecule has 4 aromatic heterocycles. The van der Waals surface area contributed by atoms with Crippen LogP contribution in [-0.2, 0) is 0 Å². The van der Waals surface area contributed by atoms with E-state index in [1.807, 2.05) is 70.1 Å². The molecule has 6 nitrogen and oxygen atoms in total. The maximum Gasteiger partial charge on any atom is 0.152 e. The van der Waals surface area contributed by atoms with Gasteiger partial charge in [-0.3, -0.25) is 0 Å². The molecule has 0 aliphatic heterocycles. The minimum atomic E-state index is 0.419. The summed E-state index contributed by atoms with van der Waals surface area (Å²) in [6, 6.07) is 15.1. The predicted molar refractivity (Wildman–Crippen MR) is 112 cm³/mol. The fourth-order valence-electron chi connectivity index (χ4n) is 2.74. The number of halogens is 2. The summed E-state index contributed by atoms with van der Waals surface area (Å²) in [5, 5.41) is 9.16. The van der Waals surface area contributed by atoms with E-state index in [0.29, 0.717) is 10.3 Å². The van der Waals surface area contributed by atoms with Crippen LogP contribution in [0, 0.1) is 0 Å². The van der Waals surface area contributed by atoms with Gasteiger partial charge in [0, 0.05) is 24.8 Å². The molecule has 0 N–H and O–H groups in total. The van der Waals surface area contributed by atoms with Crippen molar-refractivity contribution >= 4 is 35.6 Å². The van der Waals surface area contributed by atoms with Crippen LogP contribution in [0.5, 0.6) is 0 Å². The fraction of sp³-hybridized carbons (Fsp3) is 0. The highest BCUT2D eigenvalue weighted by molar-refractivity contribution is 6.31. The van der Waals surface area contributed by atoms with Crippen LogP contribution in [0.1, 0.15) is 11.4 Å². The van der Waals surface area contributed by atoms with Gasteiger partial charge >= 0.3 is 0 Å². The van der Waals surface area contributed by atoms with Gasteiger partial charge in [-0.1, -0.05) is 23.2 Å². The molecule has 138 valence electrons. The smallest absolute Gasteiger partial charge is 0.152 e. The van der Waals surface area contributed by atoms with Crippen LogP contribution in [0.4, 0.5) is 0 Å². The maximum atomic E-state index is 6.18. The number of aromatic nitrogens is 4. The summed E-state index contributed by atoms with van der Waals surface area (Å²) in [7, 11) is 0. The third-order valence-electron chi connectivity index (χ3n) is 4.01. The minimum absolute atomic E-state index is 0.419. The minimum Gasteiger partial charge on any atom is -0.313 e. The van der Waals surface area contributed by atoms with Gasteiger partial charge in [-0.25, -0.2) is 9.97 Å². The van der Waals surface area contributed by atoms with Gasteiger partial charge in [-0.05, 0) is 48.5 Å². The molecule has 0 aliphatic rings. The summed E-state index contributed by atoms with van der Waals surface area (Å²) in [4.78, 5) is 8.21. The van der Waals surface area contributed by atoms with Gasteiger partial charge in [-0.2, -0.15) is 10.2 Å². The number of rotatable bonds is 5. The Bertz CT molecular complexity index is 1070. The molecule has 0 saturated carbocycles. The van der Waals surface area contributed by atoms with Crippen molar-refractivity contribution in [2.24, 2.45) is 10.2 Å². The Morgan fingerprint density at radius 2 is 1.14 bits per heavy atom. The Morgan fingerprint density at radius 1 is 0.679 bits per heavy atom. The van der Waals surface area contributed by atoms with E-state index in [9.17, 15) is 0 Å². The largest absolute Gasteiger partial charge is 0.313 e. The van der Waals surface area contributed by atoms with Gasteiger partial charge in [0.1, 0.15) is 0 Å². The highest BCUT2D eigenvalue weighted by atomic mass is 35.5. The predicted octanol–water partition coefficient (Wildman–Crippen LogP) is 4.82. The monoisotopic (exact) mass is 408 g/mol. The molecule has 0 amide bonds. The van der Waals surface area contributed by atoms with Crippen molar-refractivity contribution in [3.8, 4) is 11.4 Å². The number of hydrogen-bond acceptors (Lipinski definition) is 4. The van der Waals surface area contributed by atoms with E-state index in [1.54, 1.807) is 24.8 Å². The van der Waals surface area contributed by atoms with Crippen LogP contribution in [0.25, 0.3) is 11.4 Å². The molecule has 0 fully saturated rings. The van der Waals surface area contributed by atoms with Crippen molar-refractivity contribution < 1.29 is 0 Å². The zero-order chi connectivity index (χ0) is 19.3. The topological polar surface area (TPSA) is 60.4 Å². The average Bonchev–Trinajstić information content (AvgIpc) is 3.35. The molecule has 0 aromatic carbocycles. The molecule has 4 heterocycles. The van der Waals surface area contributed by atoms with Crippen molar-refractivity contribution in [3.05, 3.63) is 95.0 Å². The van der Waals surface area contributed by atoms with Crippen LogP contribution < -0.4 is 0 Å². The molecule has 28 heavy (non-hydrogen) atoms. The van der Waals surface area contributed by atoms with Gasteiger partial charge in [0.2, 0.25) is 0 Å². The fourth-order valence-corrected chi connectivity index (χ4v) is 3.16. The molecular weight excluding hydrogens is 395 g/mol. The summed E-state index contributed by atoms with van der Waals surface area (Å²) < 4.78 is 3.79. The summed E-state index contributed by atoms with van der Waals surface area (Å²) >= 11 is 12.4. The molecule has 0 aliphatic carbocycles. The van der Waals surface area contributed by atoms with E-state index in [2.05, 4.69) is 20.2 Å². The van der Waals surface area contributed by atoms with Gasteiger partial charge in [-0.15, -0.1) is 0 Å². The molecular formula is C20H14Cl2N6. The molecule has 4 aromatic rings. The number of hydrogen-bond donors (Lipinski definition) is 0. The second kappa shape index (κ2) is 8.21. The van der Waals surface area contributed by atoms with E-state index in [-0.39, 0.29) is 0 Å². The highest BCUT2D eigenvalue weighted by Crippen LogP contribution is 2.20. The first-order valence-corrected chi connectivity index (χ1v) is 9.12. The molecule has 0 spiro atoms. The zero-order valence-corrected chi connectivity index (χ0v) is 16.0. The first-order chi connectivity index (χ1) is 13.7. The van der Waals surface area contributed by atoms with Gasteiger partial charge in [0.15, 0.2) is 10.3 Å². The molecule has 0 bridgehead atoms. The Labute approximate surface area is 171 Å². The van der Waals surface area contributed by atoms with Crippen LogP contribution in [0.2, 0.25) is 10.3 Å². The lowest BCUT2D eigenvalue weighted by molar-refractivity contribution is 1.04. The van der Waals surface area contributed by atoms with E-state index < -0.39 is 0 Å². The SMILES string of the molecule is Clc1ncccc1-n1cccc1/C=N\N=C/c1cccn1-c1cccnc1Cl. The van der Waals surface area contributed by atoms with Crippen molar-refractivity contribution in [1.82, 2.24) is 19.1 Å². The van der Waals surface area contributed by atoms with Gasteiger partial charge in [0.05, 0.1) is 35.2 Å². The third kappa shape index (κ3) is 3.74. The van der Waals surface area contributed by atoms with Crippen LogP contribution in [0.15, 0.2) is 83.5 Å².